The van der Waals surface area contributed by atoms with Crippen molar-refractivity contribution in [2.45, 2.75) is 19.8 Å². The van der Waals surface area contributed by atoms with Gasteiger partial charge in [0.05, 0.1) is 5.39 Å². The third-order valence-electron chi connectivity index (χ3n) is 3.07. The van der Waals surface area contributed by atoms with E-state index < -0.39 is 0 Å². The van der Waals surface area contributed by atoms with Gasteiger partial charge in [0.15, 0.2) is 0 Å². The van der Waals surface area contributed by atoms with Gasteiger partial charge >= 0.3 is 0 Å². The molecule has 0 saturated carbocycles. The number of thiophene rings is 1. The van der Waals surface area contributed by atoms with Crippen LogP contribution in [0.1, 0.15) is 23.2 Å². The van der Waals surface area contributed by atoms with E-state index in [0.29, 0.717) is 5.82 Å². The van der Waals surface area contributed by atoms with Crippen LogP contribution in [0.2, 0.25) is 0 Å². The summed E-state index contributed by atoms with van der Waals surface area (Å²) < 4.78 is 0. The van der Waals surface area contributed by atoms with Gasteiger partial charge in [-0.1, -0.05) is 37.3 Å². The number of fused-ring (bicyclic) bond motifs is 1. The van der Waals surface area contributed by atoms with E-state index in [0.717, 1.165) is 28.9 Å². The second-order valence-electron chi connectivity index (χ2n) is 4.47. The molecule has 0 bridgehead atoms. The lowest BCUT2D eigenvalue weighted by Crippen LogP contribution is -2.00. The summed E-state index contributed by atoms with van der Waals surface area (Å²) in [6.07, 6.45) is 1.73. The van der Waals surface area contributed by atoms with Gasteiger partial charge in [-0.2, -0.15) is 0 Å². The molecule has 0 atom stereocenters. The molecule has 0 aliphatic rings. The van der Waals surface area contributed by atoms with Gasteiger partial charge in [0.2, 0.25) is 0 Å². The fourth-order valence-electron chi connectivity index (χ4n) is 2.07. The highest BCUT2D eigenvalue weighted by Gasteiger charge is 2.09. The second-order valence-corrected chi connectivity index (χ2v) is 5.59. The Balaban J connectivity index is 2.01. The first kappa shape index (κ1) is 12.1. The number of hydrogen-bond acceptors (Lipinski definition) is 4. The molecule has 0 aliphatic carbocycles. The number of benzene rings is 1. The van der Waals surface area contributed by atoms with Crippen LogP contribution >= 0.6 is 11.3 Å². The molecule has 2 aromatic heterocycles. The summed E-state index contributed by atoms with van der Waals surface area (Å²) in [7, 11) is 0. The van der Waals surface area contributed by atoms with Crippen molar-refractivity contribution in [2.75, 3.05) is 5.73 Å². The summed E-state index contributed by atoms with van der Waals surface area (Å²) in [4.78, 5) is 11.3. The Morgan fingerprint density at radius 1 is 1.16 bits per heavy atom. The van der Waals surface area contributed by atoms with E-state index in [4.69, 9.17) is 5.73 Å². The summed E-state index contributed by atoms with van der Waals surface area (Å²) in [5.41, 5.74) is 7.24. The van der Waals surface area contributed by atoms with Gasteiger partial charge in [0, 0.05) is 11.3 Å². The predicted molar refractivity (Wildman–Crippen MR) is 80.5 cm³/mol. The largest absolute Gasteiger partial charge is 0.383 e. The Morgan fingerprint density at radius 2 is 1.95 bits per heavy atom. The van der Waals surface area contributed by atoms with E-state index >= 15 is 0 Å². The highest BCUT2D eigenvalue weighted by Crippen LogP contribution is 2.28. The average molecular weight is 269 g/mol. The molecule has 0 fully saturated rings. The van der Waals surface area contributed by atoms with E-state index in [-0.39, 0.29) is 0 Å². The first-order valence-electron chi connectivity index (χ1n) is 6.35. The molecule has 1 aromatic carbocycles. The molecule has 96 valence electrons. The fourth-order valence-corrected chi connectivity index (χ4v) is 3.07. The van der Waals surface area contributed by atoms with Crippen molar-refractivity contribution in [1.82, 2.24) is 9.97 Å². The van der Waals surface area contributed by atoms with E-state index in [9.17, 15) is 0 Å². The number of rotatable bonds is 3. The van der Waals surface area contributed by atoms with Gasteiger partial charge in [-0.05, 0) is 18.1 Å². The number of nitrogen functional groups attached to an aromatic ring is 1. The molecule has 4 heteroatoms. The number of aromatic nitrogens is 2. The monoisotopic (exact) mass is 269 g/mol. The first-order chi connectivity index (χ1) is 9.26. The second kappa shape index (κ2) is 4.97. The molecule has 0 spiro atoms. The minimum absolute atomic E-state index is 0.590. The van der Waals surface area contributed by atoms with Crippen molar-refractivity contribution in [1.29, 1.82) is 0 Å². The number of hydrogen-bond donors (Lipinski definition) is 1. The van der Waals surface area contributed by atoms with Crippen LogP contribution in [0.3, 0.4) is 0 Å². The van der Waals surface area contributed by atoms with Crippen LogP contribution in [0.5, 0.6) is 0 Å². The summed E-state index contributed by atoms with van der Waals surface area (Å²) in [5, 5.41) is 0.985. The summed E-state index contributed by atoms with van der Waals surface area (Å²) in [5.74, 6) is 1.38. The van der Waals surface area contributed by atoms with Crippen LogP contribution < -0.4 is 5.73 Å². The molecular formula is C15H15N3S. The van der Waals surface area contributed by atoms with Crippen LogP contribution in [0.25, 0.3) is 10.2 Å². The Bertz CT molecular complexity index is 704. The van der Waals surface area contributed by atoms with Gasteiger partial charge in [0.1, 0.15) is 16.5 Å². The topological polar surface area (TPSA) is 51.8 Å². The zero-order valence-electron chi connectivity index (χ0n) is 10.8. The zero-order chi connectivity index (χ0) is 13.2. The van der Waals surface area contributed by atoms with Crippen molar-refractivity contribution < 1.29 is 0 Å². The Labute approximate surface area is 116 Å². The number of nitrogens with two attached hydrogens (primary N) is 1. The Morgan fingerprint density at radius 3 is 2.68 bits per heavy atom. The van der Waals surface area contributed by atoms with E-state index in [1.807, 2.05) is 18.2 Å². The lowest BCUT2D eigenvalue weighted by molar-refractivity contribution is 1.00. The molecule has 3 aromatic rings. The molecule has 0 radical (unpaired) electrons. The quantitative estimate of drug-likeness (QED) is 0.792. The van der Waals surface area contributed by atoms with Crippen molar-refractivity contribution in [3.63, 3.8) is 0 Å². The summed E-state index contributed by atoms with van der Waals surface area (Å²) in [6.45, 7) is 2.14. The maximum atomic E-state index is 6.03. The van der Waals surface area contributed by atoms with Crippen LogP contribution in [-0.2, 0) is 12.8 Å². The van der Waals surface area contributed by atoms with E-state index in [1.54, 1.807) is 11.3 Å². The van der Waals surface area contributed by atoms with Crippen LogP contribution in [-0.4, -0.2) is 9.97 Å². The van der Waals surface area contributed by atoms with E-state index in [1.165, 1.54) is 10.4 Å². The van der Waals surface area contributed by atoms with Gasteiger partial charge in [-0.15, -0.1) is 11.3 Å². The standard InChI is InChI=1S/C15H15N3S/c1-2-11-9-12-14(16)17-13(18-15(12)19-11)8-10-6-4-3-5-7-10/h3-7,9H,2,8H2,1H3,(H2,16,17,18). The molecule has 3 rings (SSSR count). The van der Waals surface area contributed by atoms with Gasteiger partial charge in [0.25, 0.3) is 0 Å². The van der Waals surface area contributed by atoms with Crippen LogP contribution in [0.15, 0.2) is 36.4 Å². The van der Waals surface area contributed by atoms with Crippen molar-refractivity contribution in [2.24, 2.45) is 0 Å². The third-order valence-corrected chi connectivity index (χ3v) is 4.25. The van der Waals surface area contributed by atoms with Gasteiger partial charge in [-0.3, -0.25) is 0 Å². The summed E-state index contributed by atoms with van der Waals surface area (Å²) in [6, 6.07) is 12.3. The van der Waals surface area contributed by atoms with Crippen LogP contribution in [0, 0.1) is 0 Å². The highest BCUT2D eigenvalue weighted by molar-refractivity contribution is 7.18. The smallest absolute Gasteiger partial charge is 0.136 e. The predicted octanol–water partition coefficient (Wildman–Crippen LogP) is 3.43. The lowest BCUT2D eigenvalue weighted by Gasteiger charge is -2.02. The Kier molecular flexibility index (Phi) is 3.17. The average Bonchev–Trinajstić information content (AvgIpc) is 2.83. The van der Waals surface area contributed by atoms with E-state index in [2.05, 4.69) is 35.1 Å². The number of anilines is 1. The summed E-state index contributed by atoms with van der Waals surface area (Å²) >= 11 is 1.71. The van der Waals surface area contributed by atoms with Crippen LogP contribution in [0.4, 0.5) is 5.82 Å². The molecule has 0 amide bonds. The third kappa shape index (κ3) is 2.44. The van der Waals surface area contributed by atoms with Crippen molar-refractivity contribution >= 4 is 27.4 Å². The molecule has 2 N–H and O–H groups in total. The van der Waals surface area contributed by atoms with Gasteiger partial charge < -0.3 is 5.73 Å². The Hall–Kier alpha value is -1.94. The lowest BCUT2D eigenvalue weighted by atomic mass is 10.1. The minimum Gasteiger partial charge on any atom is -0.383 e. The molecule has 2 heterocycles. The molecular weight excluding hydrogens is 254 g/mol. The first-order valence-corrected chi connectivity index (χ1v) is 7.16. The maximum absolute atomic E-state index is 6.03. The highest BCUT2D eigenvalue weighted by atomic mass is 32.1. The minimum atomic E-state index is 0.590. The molecule has 0 saturated heterocycles. The van der Waals surface area contributed by atoms with Gasteiger partial charge in [-0.25, -0.2) is 9.97 Å². The molecule has 3 nitrogen and oxygen atoms in total. The normalized spacial score (nSPS) is 11.0. The number of aryl methyl sites for hydroxylation is 1. The molecule has 0 unspecified atom stereocenters. The van der Waals surface area contributed by atoms with Crippen molar-refractivity contribution in [3.05, 3.63) is 52.7 Å². The van der Waals surface area contributed by atoms with Crippen molar-refractivity contribution in [3.8, 4) is 0 Å². The number of nitrogens with zero attached hydrogens (tertiary/aromatic N) is 2. The maximum Gasteiger partial charge on any atom is 0.136 e. The molecule has 0 aliphatic heterocycles. The zero-order valence-corrected chi connectivity index (χ0v) is 11.6. The fraction of sp³-hybridized carbons (Fsp3) is 0.200. The SMILES string of the molecule is CCc1cc2c(N)nc(Cc3ccccc3)nc2s1. The molecule has 19 heavy (non-hydrogen) atoms.